The Balaban J connectivity index is 1.79. The Hall–Kier alpha value is -4.27. The van der Waals surface area contributed by atoms with E-state index in [0.717, 1.165) is 5.56 Å². The number of aryl methyl sites for hydroxylation is 2. The lowest BCUT2D eigenvalue weighted by Crippen LogP contribution is -2.29. The van der Waals surface area contributed by atoms with Gasteiger partial charge in [0.05, 0.1) is 21.9 Å². The zero-order valence-electron chi connectivity index (χ0n) is 16.5. The van der Waals surface area contributed by atoms with Gasteiger partial charge >= 0.3 is 0 Å². The van der Waals surface area contributed by atoms with Crippen LogP contribution in [0.2, 0.25) is 0 Å². The Morgan fingerprint density at radius 3 is 2.45 bits per heavy atom. The van der Waals surface area contributed by atoms with Crippen LogP contribution in [0.5, 0.6) is 0 Å². The number of fused-ring (bicyclic) bond motifs is 2. The van der Waals surface area contributed by atoms with Crippen LogP contribution in [-0.4, -0.2) is 16.0 Å². The number of carbonyl (C=O) groups is 1. The first-order valence-electron chi connectivity index (χ1n) is 9.44. The predicted molar refractivity (Wildman–Crippen MR) is 110 cm³/mol. The molecule has 0 bridgehead atoms. The second kappa shape index (κ2) is 6.63. The number of benzene rings is 2. The molecule has 0 spiro atoms. The van der Waals surface area contributed by atoms with E-state index in [1.165, 1.54) is 29.2 Å². The first-order valence-corrected chi connectivity index (χ1v) is 9.44. The van der Waals surface area contributed by atoms with E-state index in [2.05, 4.69) is 5.16 Å². The number of rotatable bonds is 3. The van der Waals surface area contributed by atoms with E-state index in [0.29, 0.717) is 22.3 Å². The molecule has 0 radical (unpaired) electrons. The molecule has 0 saturated heterocycles. The third kappa shape index (κ3) is 2.82. The van der Waals surface area contributed by atoms with Gasteiger partial charge in [0, 0.05) is 18.2 Å². The quantitative estimate of drug-likeness (QED) is 0.364. The molecule has 0 aliphatic carbocycles. The zero-order chi connectivity index (χ0) is 21.9. The molecule has 1 atom stereocenters. The van der Waals surface area contributed by atoms with Crippen molar-refractivity contribution in [2.75, 3.05) is 4.90 Å². The third-order valence-electron chi connectivity index (χ3n) is 5.31. The van der Waals surface area contributed by atoms with Crippen molar-refractivity contribution in [3.05, 3.63) is 97.1 Å². The van der Waals surface area contributed by atoms with Gasteiger partial charge in [0.1, 0.15) is 11.3 Å². The van der Waals surface area contributed by atoms with Crippen molar-refractivity contribution in [3.63, 3.8) is 0 Å². The van der Waals surface area contributed by atoms with Gasteiger partial charge in [-0.15, -0.1) is 0 Å². The van der Waals surface area contributed by atoms with Gasteiger partial charge in [0.25, 0.3) is 11.6 Å². The Labute approximate surface area is 174 Å². The molecule has 5 rings (SSSR count). The van der Waals surface area contributed by atoms with Crippen LogP contribution in [0.15, 0.2) is 62.3 Å². The summed E-state index contributed by atoms with van der Waals surface area (Å²) in [5.74, 6) is 0.0924. The minimum absolute atomic E-state index is 0.0784. The molecule has 1 aliphatic heterocycles. The van der Waals surface area contributed by atoms with Gasteiger partial charge in [-0.25, -0.2) is 0 Å². The van der Waals surface area contributed by atoms with Gasteiger partial charge in [0.2, 0.25) is 5.76 Å². The van der Waals surface area contributed by atoms with Crippen molar-refractivity contribution >= 4 is 28.4 Å². The average molecular weight is 417 g/mol. The minimum Gasteiger partial charge on any atom is -0.450 e. The molecule has 31 heavy (non-hydrogen) atoms. The van der Waals surface area contributed by atoms with Crippen LogP contribution in [0.4, 0.5) is 11.5 Å². The fraction of sp³-hybridized carbons (Fsp3) is 0.136. The van der Waals surface area contributed by atoms with Gasteiger partial charge in [-0.3, -0.25) is 24.6 Å². The molecule has 0 fully saturated rings. The van der Waals surface area contributed by atoms with Crippen LogP contribution >= 0.6 is 0 Å². The first-order chi connectivity index (χ1) is 14.8. The number of nitro groups is 1. The number of non-ortho nitro benzene ring substituents is 1. The molecule has 9 heteroatoms. The fourth-order valence-corrected chi connectivity index (χ4v) is 3.88. The van der Waals surface area contributed by atoms with Crippen LogP contribution in [0, 0.1) is 24.0 Å². The number of anilines is 1. The van der Waals surface area contributed by atoms with Gasteiger partial charge in [-0.2, -0.15) is 0 Å². The first kappa shape index (κ1) is 18.7. The molecule has 2 aromatic heterocycles. The van der Waals surface area contributed by atoms with Crippen LogP contribution in [-0.2, 0) is 0 Å². The highest BCUT2D eigenvalue weighted by Crippen LogP contribution is 2.41. The van der Waals surface area contributed by atoms with E-state index in [-0.39, 0.29) is 28.3 Å². The largest absolute Gasteiger partial charge is 0.450 e. The summed E-state index contributed by atoms with van der Waals surface area (Å²) in [4.78, 5) is 38.7. The number of hydrogen-bond donors (Lipinski definition) is 0. The number of amides is 1. The Morgan fingerprint density at radius 2 is 1.81 bits per heavy atom. The lowest BCUT2D eigenvalue weighted by Gasteiger charge is -2.22. The Bertz CT molecular complexity index is 1430. The van der Waals surface area contributed by atoms with Crippen LogP contribution in [0.3, 0.4) is 0 Å². The summed E-state index contributed by atoms with van der Waals surface area (Å²) in [5, 5.41) is 15.4. The van der Waals surface area contributed by atoms with Crippen molar-refractivity contribution in [1.29, 1.82) is 0 Å². The Kier molecular flexibility index (Phi) is 4.01. The lowest BCUT2D eigenvalue weighted by molar-refractivity contribution is -0.384. The molecular weight excluding hydrogens is 402 g/mol. The summed E-state index contributed by atoms with van der Waals surface area (Å²) in [6.45, 7) is 3.54. The van der Waals surface area contributed by atoms with Crippen molar-refractivity contribution in [3.8, 4) is 0 Å². The summed E-state index contributed by atoms with van der Waals surface area (Å²) in [5.41, 5.74) is 1.43. The molecule has 3 heterocycles. The highest BCUT2D eigenvalue weighted by molar-refractivity contribution is 6.10. The summed E-state index contributed by atoms with van der Waals surface area (Å²) >= 11 is 0. The van der Waals surface area contributed by atoms with E-state index >= 15 is 0 Å². The van der Waals surface area contributed by atoms with E-state index < -0.39 is 16.9 Å². The van der Waals surface area contributed by atoms with Crippen LogP contribution < -0.4 is 10.3 Å². The summed E-state index contributed by atoms with van der Waals surface area (Å²) in [7, 11) is 0. The topological polar surface area (TPSA) is 120 Å². The normalized spacial score (nSPS) is 15.5. The smallest absolute Gasteiger partial charge is 0.296 e. The van der Waals surface area contributed by atoms with Crippen molar-refractivity contribution < 1.29 is 18.7 Å². The van der Waals surface area contributed by atoms with Crippen molar-refractivity contribution in [1.82, 2.24) is 5.16 Å². The molecule has 1 amide bonds. The number of hydrogen-bond acceptors (Lipinski definition) is 7. The average Bonchev–Trinajstić information content (AvgIpc) is 3.30. The summed E-state index contributed by atoms with van der Waals surface area (Å²) in [6.07, 6.45) is 0. The number of nitrogens with zero attached hydrogens (tertiary/aromatic N) is 3. The highest BCUT2D eigenvalue weighted by atomic mass is 16.6. The lowest BCUT2D eigenvalue weighted by atomic mass is 9.98. The summed E-state index contributed by atoms with van der Waals surface area (Å²) in [6, 6.07) is 11.6. The summed E-state index contributed by atoms with van der Waals surface area (Å²) < 4.78 is 11.0. The molecule has 9 nitrogen and oxygen atoms in total. The van der Waals surface area contributed by atoms with Gasteiger partial charge in [-0.1, -0.05) is 16.8 Å². The van der Waals surface area contributed by atoms with Crippen molar-refractivity contribution in [2.45, 2.75) is 19.9 Å². The predicted octanol–water partition coefficient (Wildman–Crippen LogP) is 4.06. The SMILES string of the molecule is Cc1ccc2oc3c(c(=O)c2c1)[C@H](c1ccc([N+](=O)[O-])cc1)N(c1cc(C)on1)C3=O. The third-order valence-corrected chi connectivity index (χ3v) is 5.31. The maximum absolute atomic E-state index is 13.5. The highest BCUT2D eigenvalue weighted by Gasteiger charge is 2.45. The van der Waals surface area contributed by atoms with Gasteiger partial charge in [0.15, 0.2) is 11.2 Å². The van der Waals surface area contributed by atoms with Gasteiger partial charge in [-0.05, 0) is 43.7 Å². The monoisotopic (exact) mass is 417 g/mol. The maximum Gasteiger partial charge on any atom is 0.296 e. The fourth-order valence-electron chi connectivity index (χ4n) is 3.88. The second-order valence-electron chi connectivity index (χ2n) is 7.40. The minimum atomic E-state index is -0.867. The van der Waals surface area contributed by atoms with E-state index in [1.54, 1.807) is 31.2 Å². The second-order valence-corrected chi connectivity index (χ2v) is 7.40. The molecule has 2 aromatic carbocycles. The van der Waals surface area contributed by atoms with Crippen LogP contribution in [0.1, 0.15) is 39.0 Å². The Morgan fingerprint density at radius 1 is 1.06 bits per heavy atom. The molecular formula is C22H15N3O6. The standard InChI is InChI=1S/C22H15N3O6/c1-11-3-8-16-15(9-11)20(26)18-19(13-4-6-14(7-5-13)25(28)29)24(22(27)21(18)30-16)17-10-12(2)31-23-17/h3-10,19H,1-2H3/t19-/m0/s1. The van der Waals surface area contributed by atoms with Crippen LogP contribution in [0.25, 0.3) is 11.0 Å². The maximum atomic E-state index is 13.5. The number of aromatic nitrogens is 1. The number of nitro benzene ring substituents is 1. The number of carbonyl (C=O) groups excluding carboxylic acids is 1. The zero-order valence-corrected chi connectivity index (χ0v) is 16.5. The molecule has 4 aromatic rings. The molecule has 0 unspecified atom stereocenters. The van der Waals surface area contributed by atoms with Gasteiger partial charge < -0.3 is 8.94 Å². The van der Waals surface area contributed by atoms with E-state index in [4.69, 9.17) is 8.94 Å². The molecule has 154 valence electrons. The van der Waals surface area contributed by atoms with E-state index in [1.807, 2.05) is 6.92 Å². The molecule has 1 aliphatic rings. The molecule has 0 saturated carbocycles. The van der Waals surface area contributed by atoms with Crippen molar-refractivity contribution in [2.24, 2.45) is 0 Å². The molecule has 0 N–H and O–H groups in total. The van der Waals surface area contributed by atoms with E-state index in [9.17, 15) is 19.7 Å².